The van der Waals surface area contributed by atoms with Crippen molar-refractivity contribution < 1.29 is 9.53 Å². The van der Waals surface area contributed by atoms with Gasteiger partial charge >= 0.3 is 6.09 Å². The summed E-state index contributed by atoms with van der Waals surface area (Å²) in [7, 11) is 0. The van der Waals surface area contributed by atoms with Gasteiger partial charge in [0.05, 0.1) is 6.04 Å². The van der Waals surface area contributed by atoms with Crippen LogP contribution in [0, 0.1) is 5.92 Å². The lowest BCUT2D eigenvalue weighted by Gasteiger charge is -2.25. The zero-order valence-electron chi connectivity index (χ0n) is 9.21. The van der Waals surface area contributed by atoms with Gasteiger partial charge in [-0.15, -0.1) is 0 Å². The summed E-state index contributed by atoms with van der Waals surface area (Å²) in [4.78, 5) is 10.8. The maximum absolute atomic E-state index is 10.8. The zero-order valence-corrected chi connectivity index (χ0v) is 9.21. The molecule has 0 aromatic rings. The molecule has 1 saturated heterocycles. The van der Waals surface area contributed by atoms with Gasteiger partial charge in [-0.2, -0.15) is 0 Å². The Labute approximate surface area is 86.2 Å². The molecular formula is C11H21NO2. The van der Waals surface area contributed by atoms with Crippen LogP contribution in [0.4, 0.5) is 4.79 Å². The second-order valence-electron chi connectivity index (χ2n) is 3.75. The SMILES string of the molecule is CC.O=C1NC(C2CCCCC2)CO1. The molecule has 1 N–H and O–H groups in total. The Morgan fingerprint density at radius 3 is 2.36 bits per heavy atom. The summed E-state index contributed by atoms with van der Waals surface area (Å²) in [5.74, 6) is 0.671. The van der Waals surface area contributed by atoms with E-state index in [1.807, 2.05) is 13.8 Å². The van der Waals surface area contributed by atoms with Crippen LogP contribution in [-0.2, 0) is 4.74 Å². The fourth-order valence-corrected chi connectivity index (χ4v) is 2.19. The van der Waals surface area contributed by atoms with E-state index >= 15 is 0 Å². The highest BCUT2D eigenvalue weighted by atomic mass is 16.6. The van der Waals surface area contributed by atoms with Crippen molar-refractivity contribution in [2.45, 2.75) is 52.0 Å². The number of hydrogen-bond acceptors (Lipinski definition) is 2. The van der Waals surface area contributed by atoms with Crippen molar-refractivity contribution in [1.82, 2.24) is 5.32 Å². The number of cyclic esters (lactones) is 1. The number of nitrogens with one attached hydrogen (secondary N) is 1. The van der Waals surface area contributed by atoms with Crippen molar-refractivity contribution >= 4 is 6.09 Å². The summed E-state index contributed by atoms with van der Waals surface area (Å²) < 4.78 is 4.87. The Morgan fingerprint density at radius 2 is 1.86 bits per heavy atom. The second-order valence-corrected chi connectivity index (χ2v) is 3.75. The van der Waals surface area contributed by atoms with Crippen molar-refractivity contribution in [3.05, 3.63) is 0 Å². The topological polar surface area (TPSA) is 38.3 Å². The lowest BCUT2D eigenvalue weighted by molar-refractivity contribution is 0.173. The molecule has 0 bridgehead atoms. The molecule has 3 nitrogen and oxygen atoms in total. The van der Waals surface area contributed by atoms with Gasteiger partial charge in [0.25, 0.3) is 0 Å². The van der Waals surface area contributed by atoms with E-state index in [-0.39, 0.29) is 6.09 Å². The van der Waals surface area contributed by atoms with Crippen LogP contribution in [-0.4, -0.2) is 18.7 Å². The first-order chi connectivity index (χ1) is 6.86. The van der Waals surface area contributed by atoms with Crippen molar-refractivity contribution in [3.63, 3.8) is 0 Å². The third-order valence-electron chi connectivity index (χ3n) is 2.92. The maximum Gasteiger partial charge on any atom is 0.407 e. The number of rotatable bonds is 1. The van der Waals surface area contributed by atoms with Crippen molar-refractivity contribution in [1.29, 1.82) is 0 Å². The van der Waals surface area contributed by atoms with Crippen molar-refractivity contribution in [2.24, 2.45) is 5.92 Å². The smallest absolute Gasteiger partial charge is 0.407 e. The molecule has 0 aromatic heterocycles. The minimum absolute atomic E-state index is 0.231. The van der Waals surface area contributed by atoms with E-state index in [4.69, 9.17) is 4.74 Å². The number of amides is 1. The van der Waals surface area contributed by atoms with E-state index in [0.717, 1.165) is 0 Å². The number of ether oxygens (including phenoxy) is 1. The van der Waals surface area contributed by atoms with Gasteiger partial charge in [0, 0.05) is 0 Å². The molecule has 14 heavy (non-hydrogen) atoms. The Kier molecular flexibility index (Phi) is 4.77. The van der Waals surface area contributed by atoms with Gasteiger partial charge < -0.3 is 10.1 Å². The zero-order chi connectivity index (χ0) is 10.4. The van der Waals surface area contributed by atoms with Gasteiger partial charge in [-0.3, -0.25) is 0 Å². The summed E-state index contributed by atoms with van der Waals surface area (Å²) in [5.41, 5.74) is 0. The molecule has 1 saturated carbocycles. The molecule has 0 spiro atoms. The molecular weight excluding hydrogens is 178 g/mol. The minimum Gasteiger partial charge on any atom is -0.447 e. The normalized spacial score (nSPS) is 27.3. The van der Waals surface area contributed by atoms with E-state index in [0.29, 0.717) is 18.6 Å². The van der Waals surface area contributed by atoms with Crippen LogP contribution in [0.1, 0.15) is 46.0 Å². The highest BCUT2D eigenvalue weighted by Gasteiger charge is 2.30. The van der Waals surface area contributed by atoms with Crippen LogP contribution in [0.25, 0.3) is 0 Å². The number of alkyl carbamates (subject to hydrolysis) is 1. The first-order valence-corrected chi connectivity index (χ1v) is 5.79. The van der Waals surface area contributed by atoms with Crippen LogP contribution in [0.3, 0.4) is 0 Å². The minimum atomic E-state index is -0.231. The first-order valence-electron chi connectivity index (χ1n) is 5.79. The van der Waals surface area contributed by atoms with Gasteiger partial charge in [-0.1, -0.05) is 33.1 Å². The summed E-state index contributed by atoms with van der Waals surface area (Å²) in [5, 5.41) is 2.86. The van der Waals surface area contributed by atoms with Crippen molar-refractivity contribution in [3.8, 4) is 0 Å². The van der Waals surface area contributed by atoms with Crippen LogP contribution >= 0.6 is 0 Å². The van der Waals surface area contributed by atoms with E-state index in [1.165, 1.54) is 32.1 Å². The molecule has 2 rings (SSSR count). The quantitative estimate of drug-likeness (QED) is 0.705. The van der Waals surface area contributed by atoms with Crippen molar-refractivity contribution in [2.75, 3.05) is 6.61 Å². The fourth-order valence-electron chi connectivity index (χ4n) is 2.19. The first kappa shape index (κ1) is 11.3. The molecule has 0 radical (unpaired) electrons. The third kappa shape index (κ3) is 2.89. The highest BCUT2D eigenvalue weighted by molar-refractivity contribution is 5.69. The summed E-state index contributed by atoms with van der Waals surface area (Å²) >= 11 is 0. The molecule has 1 aliphatic carbocycles. The molecule has 1 unspecified atom stereocenters. The average Bonchev–Trinajstić information content (AvgIpc) is 2.69. The Morgan fingerprint density at radius 1 is 1.21 bits per heavy atom. The number of carbonyl (C=O) groups excluding carboxylic acids is 1. The number of hydrogen-bond donors (Lipinski definition) is 1. The summed E-state index contributed by atoms with van der Waals surface area (Å²) in [6.45, 7) is 4.59. The van der Waals surface area contributed by atoms with Gasteiger partial charge in [0.1, 0.15) is 6.61 Å². The van der Waals surface area contributed by atoms with Crippen LogP contribution in [0.2, 0.25) is 0 Å². The van der Waals surface area contributed by atoms with Crippen LogP contribution < -0.4 is 5.32 Å². The lowest BCUT2D eigenvalue weighted by Crippen LogP contribution is -2.35. The average molecular weight is 199 g/mol. The Balaban J connectivity index is 0.000000461. The fraction of sp³-hybridized carbons (Fsp3) is 0.909. The van der Waals surface area contributed by atoms with Crippen LogP contribution in [0.5, 0.6) is 0 Å². The van der Waals surface area contributed by atoms with Crippen LogP contribution in [0.15, 0.2) is 0 Å². The third-order valence-corrected chi connectivity index (χ3v) is 2.92. The van der Waals surface area contributed by atoms with E-state index in [9.17, 15) is 4.79 Å². The molecule has 1 aliphatic heterocycles. The molecule has 2 fully saturated rings. The Hall–Kier alpha value is -0.730. The predicted molar refractivity (Wildman–Crippen MR) is 56.2 cm³/mol. The standard InChI is InChI=1S/C9H15NO2.C2H6/c11-9-10-8(6-12-9)7-4-2-1-3-5-7;1-2/h7-8H,1-6H2,(H,10,11);1-2H3. The van der Waals surface area contributed by atoms with E-state index in [1.54, 1.807) is 0 Å². The molecule has 2 aliphatic rings. The van der Waals surface area contributed by atoms with Gasteiger partial charge in [0.2, 0.25) is 0 Å². The summed E-state index contributed by atoms with van der Waals surface area (Å²) in [6.07, 6.45) is 6.28. The molecule has 3 heteroatoms. The number of carbonyl (C=O) groups is 1. The molecule has 1 heterocycles. The van der Waals surface area contributed by atoms with Gasteiger partial charge in [-0.05, 0) is 18.8 Å². The van der Waals surface area contributed by atoms with E-state index in [2.05, 4.69) is 5.32 Å². The predicted octanol–water partition coefficient (Wildman–Crippen LogP) is 2.70. The molecule has 0 aromatic carbocycles. The lowest BCUT2D eigenvalue weighted by atomic mass is 9.84. The largest absolute Gasteiger partial charge is 0.447 e. The summed E-state index contributed by atoms with van der Waals surface area (Å²) in [6, 6.07) is 0.304. The molecule has 1 atom stereocenters. The monoisotopic (exact) mass is 199 g/mol. The Bertz CT molecular complexity index is 176. The maximum atomic E-state index is 10.8. The second kappa shape index (κ2) is 5.89. The highest BCUT2D eigenvalue weighted by Crippen LogP contribution is 2.27. The molecule has 82 valence electrons. The molecule has 1 amide bonds. The van der Waals surface area contributed by atoms with Gasteiger partial charge in [-0.25, -0.2) is 4.79 Å². The van der Waals surface area contributed by atoms with E-state index < -0.39 is 0 Å². The van der Waals surface area contributed by atoms with Gasteiger partial charge in [0.15, 0.2) is 0 Å².